The third kappa shape index (κ3) is 3.33. The molecule has 0 spiro atoms. The van der Waals surface area contributed by atoms with Gasteiger partial charge in [-0.3, -0.25) is 4.98 Å². The summed E-state index contributed by atoms with van der Waals surface area (Å²) in [6, 6.07) is 2.05. The van der Waals surface area contributed by atoms with Crippen LogP contribution in [0.5, 0.6) is 0 Å². The first-order valence-electron chi connectivity index (χ1n) is 7.86. The van der Waals surface area contributed by atoms with Gasteiger partial charge in [-0.05, 0) is 31.2 Å². The number of aliphatic imine (C=N–C) groups is 1. The molecule has 0 bridgehead atoms. The fourth-order valence-corrected chi connectivity index (χ4v) is 3.00. The Labute approximate surface area is 136 Å². The largest absolute Gasteiger partial charge is 0.382 e. The number of pyridine rings is 1. The third-order valence-electron chi connectivity index (χ3n) is 4.12. The predicted octanol–water partition coefficient (Wildman–Crippen LogP) is 1.91. The van der Waals surface area contributed by atoms with E-state index in [9.17, 15) is 0 Å². The van der Waals surface area contributed by atoms with Crippen LogP contribution in [0.2, 0.25) is 0 Å². The number of methoxy groups -OCH3 is 1. The van der Waals surface area contributed by atoms with E-state index in [1.54, 1.807) is 7.11 Å². The summed E-state index contributed by atoms with van der Waals surface area (Å²) >= 11 is 0. The molecule has 0 amide bonds. The second-order valence-corrected chi connectivity index (χ2v) is 5.53. The van der Waals surface area contributed by atoms with E-state index in [-0.39, 0.29) is 0 Å². The molecule has 0 N–H and O–H groups in total. The number of aromatic nitrogens is 3. The Morgan fingerprint density at radius 2 is 2.26 bits per heavy atom. The van der Waals surface area contributed by atoms with E-state index in [1.165, 1.54) is 22.4 Å². The normalized spacial score (nSPS) is 12.7. The van der Waals surface area contributed by atoms with E-state index in [0.717, 1.165) is 25.0 Å². The molecule has 1 aliphatic carbocycles. The molecule has 2 heterocycles. The summed E-state index contributed by atoms with van der Waals surface area (Å²) in [6.45, 7) is 5.85. The summed E-state index contributed by atoms with van der Waals surface area (Å²) in [5, 5.41) is 4.80. The lowest BCUT2D eigenvalue weighted by atomic mass is 9.90. The van der Waals surface area contributed by atoms with Gasteiger partial charge in [0.2, 0.25) is 0 Å². The second-order valence-electron chi connectivity index (χ2n) is 5.53. The van der Waals surface area contributed by atoms with Gasteiger partial charge in [-0.15, -0.1) is 0 Å². The van der Waals surface area contributed by atoms with Crippen LogP contribution >= 0.6 is 0 Å². The molecule has 0 saturated heterocycles. The quantitative estimate of drug-likeness (QED) is 0.551. The minimum absolute atomic E-state index is 0.434. The highest BCUT2D eigenvalue weighted by Gasteiger charge is 2.24. The van der Waals surface area contributed by atoms with Crippen LogP contribution in [-0.2, 0) is 35.5 Å². The molecule has 23 heavy (non-hydrogen) atoms. The molecule has 0 aromatic carbocycles. The zero-order valence-corrected chi connectivity index (χ0v) is 13.5. The number of aryl methyl sites for hydroxylation is 1. The molecule has 0 saturated carbocycles. The fourth-order valence-electron chi connectivity index (χ4n) is 3.00. The summed E-state index contributed by atoms with van der Waals surface area (Å²) in [6.07, 6.45) is 6.59. The highest BCUT2D eigenvalue weighted by atomic mass is 16.5. The Morgan fingerprint density at radius 1 is 1.35 bits per heavy atom. The predicted molar refractivity (Wildman–Crippen MR) is 88.8 cm³/mol. The molecule has 0 fully saturated rings. The zero-order valence-electron chi connectivity index (χ0n) is 13.5. The first-order valence-corrected chi connectivity index (χ1v) is 7.86. The molecule has 0 radical (unpaired) electrons. The maximum Gasteiger partial charge on any atom is 0.139 e. The van der Waals surface area contributed by atoms with Crippen LogP contribution in [0.3, 0.4) is 0 Å². The van der Waals surface area contributed by atoms with Gasteiger partial charge in [0.25, 0.3) is 0 Å². The van der Waals surface area contributed by atoms with Crippen molar-refractivity contribution in [3.63, 3.8) is 0 Å². The van der Waals surface area contributed by atoms with Crippen molar-refractivity contribution in [1.29, 1.82) is 0 Å². The highest BCUT2D eigenvalue weighted by Crippen LogP contribution is 2.34. The lowest BCUT2D eigenvalue weighted by Gasteiger charge is -2.15. The molecule has 2 aromatic rings. The monoisotopic (exact) mass is 314 g/mol. The fraction of sp³-hybridized carbons (Fsp3) is 0.471. The molecule has 0 aliphatic heterocycles. The first-order chi connectivity index (χ1) is 11.3. The van der Waals surface area contributed by atoms with E-state index in [2.05, 4.69) is 16.7 Å². The minimum atomic E-state index is 0.434. The number of hydrogen-bond acceptors (Lipinski definition) is 5. The van der Waals surface area contributed by atoms with Gasteiger partial charge in [0.1, 0.15) is 6.73 Å². The SMILES string of the molecule is C=NCCc1c2c(nn1COCCOC)-c1ccncc1CC2. The summed E-state index contributed by atoms with van der Waals surface area (Å²) < 4.78 is 12.6. The number of rotatable bonds is 8. The van der Waals surface area contributed by atoms with Crippen molar-refractivity contribution >= 4 is 6.72 Å². The van der Waals surface area contributed by atoms with Crippen LogP contribution in [0.4, 0.5) is 0 Å². The van der Waals surface area contributed by atoms with Crippen LogP contribution in [0.1, 0.15) is 16.8 Å². The molecular weight excluding hydrogens is 292 g/mol. The van der Waals surface area contributed by atoms with Crippen LogP contribution in [-0.4, -0.2) is 48.4 Å². The number of ether oxygens (including phenoxy) is 2. The van der Waals surface area contributed by atoms with Crippen LogP contribution in [0.25, 0.3) is 11.3 Å². The lowest BCUT2D eigenvalue weighted by Crippen LogP contribution is -2.12. The smallest absolute Gasteiger partial charge is 0.139 e. The van der Waals surface area contributed by atoms with E-state index in [4.69, 9.17) is 14.6 Å². The maximum atomic E-state index is 5.66. The highest BCUT2D eigenvalue weighted by molar-refractivity contribution is 5.69. The van der Waals surface area contributed by atoms with E-state index in [0.29, 0.717) is 26.5 Å². The third-order valence-corrected chi connectivity index (χ3v) is 4.12. The summed E-state index contributed by atoms with van der Waals surface area (Å²) in [5.74, 6) is 0. The summed E-state index contributed by atoms with van der Waals surface area (Å²) in [5.41, 5.74) is 6.01. The molecule has 122 valence electrons. The van der Waals surface area contributed by atoms with Crippen LogP contribution in [0.15, 0.2) is 23.5 Å². The Kier molecular flexibility index (Phi) is 5.15. The topological polar surface area (TPSA) is 61.5 Å². The van der Waals surface area contributed by atoms with Gasteiger partial charge in [0, 0.05) is 49.3 Å². The molecule has 3 rings (SSSR count). The van der Waals surface area contributed by atoms with Crippen molar-refractivity contribution in [2.24, 2.45) is 4.99 Å². The van der Waals surface area contributed by atoms with Gasteiger partial charge in [-0.1, -0.05) is 0 Å². The maximum absolute atomic E-state index is 5.66. The van der Waals surface area contributed by atoms with Crippen molar-refractivity contribution < 1.29 is 9.47 Å². The Morgan fingerprint density at radius 3 is 3.09 bits per heavy atom. The molecule has 2 aromatic heterocycles. The average Bonchev–Trinajstić information content (AvgIpc) is 2.95. The molecule has 1 aliphatic rings. The summed E-state index contributed by atoms with van der Waals surface area (Å²) in [4.78, 5) is 8.22. The van der Waals surface area contributed by atoms with E-state index < -0.39 is 0 Å². The van der Waals surface area contributed by atoms with Gasteiger partial charge >= 0.3 is 0 Å². The molecule has 6 nitrogen and oxygen atoms in total. The van der Waals surface area contributed by atoms with Crippen molar-refractivity contribution in [2.75, 3.05) is 26.9 Å². The van der Waals surface area contributed by atoms with Gasteiger partial charge in [-0.2, -0.15) is 5.10 Å². The number of hydrogen-bond donors (Lipinski definition) is 0. The molecule has 0 unspecified atom stereocenters. The molecule has 6 heteroatoms. The molecule has 0 atom stereocenters. The Balaban J connectivity index is 1.90. The van der Waals surface area contributed by atoms with Crippen LogP contribution < -0.4 is 0 Å². The average molecular weight is 314 g/mol. The van der Waals surface area contributed by atoms with Crippen molar-refractivity contribution in [3.05, 3.63) is 35.3 Å². The van der Waals surface area contributed by atoms with Crippen molar-refractivity contribution in [1.82, 2.24) is 14.8 Å². The lowest BCUT2D eigenvalue weighted by molar-refractivity contribution is 0.0277. The first kappa shape index (κ1) is 15.8. The van der Waals surface area contributed by atoms with Gasteiger partial charge < -0.3 is 14.5 Å². The zero-order chi connectivity index (χ0) is 16.1. The second kappa shape index (κ2) is 7.48. The van der Waals surface area contributed by atoms with Gasteiger partial charge in [0.05, 0.1) is 18.9 Å². The standard InChI is InChI=1S/C17H22N4O2/c1-18-7-6-16-15-4-3-13-11-19-8-5-14(13)17(15)20-21(16)12-23-10-9-22-2/h5,8,11H,1,3-4,6-7,9-10,12H2,2H3. The molecular formula is C17H22N4O2. The van der Waals surface area contributed by atoms with Gasteiger partial charge in [0.15, 0.2) is 0 Å². The minimum Gasteiger partial charge on any atom is -0.382 e. The number of fused-ring (bicyclic) bond motifs is 3. The van der Waals surface area contributed by atoms with Gasteiger partial charge in [-0.25, -0.2) is 4.68 Å². The van der Waals surface area contributed by atoms with Crippen molar-refractivity contribution in [3.8, 4) is 11.3 Å². The Hall–Kier alpha value is -2.05. The van der Waals surface area contributed by atoms with Crippen LogP contribution in [0, 0.1) is 0 Å². The van der Waals surface area contributed by atoms with E-state index in [1.807, 2.05) is 23.1 Å². The number of nitrogens with zero attached hydrogens (tertiary/aromatic N) is 4. The van der Waals surface area contributed by atoms with Crippen molar-refractivity contribution in [2.45, 2.75) is 26.0 Å². The van der Waals surface area contributed by atoms with E-state index >= 15 is 0 Å². The summed E-state index contributed by atoms with van der Waals surface area (Å²) in [7, 11) is 1.67. The Bertz CT molecular complexity index is 681.